The fourth-order valence-electron chi connectivity index (χ4n) is 2.94. The minimum Gasteiger partial charge on any atom is -0.391 e. The van der Waals surface area contributed by atoms with Crippen molar-refractivity contribution in [2.45, 2.75) is 32.9 Å². The van der Waals surface area contributed by atoms with E-state index in [0.717, 1.165) is 32.6 Å². The van der Waals surface area contributed by atoms with Crippen LogP contribution in [-0.4, -0.2) is 54.7 Å². The SMILES string of the molecule is CCCN(CC)Cc1ccc(C(=O)NCC2CNCC2O)cc1. The number of β-amino-alcohol motifs (C(OH)–C–C–N with tert-alkyl or cyclic N) is 1. The van der Waals surface area contributed by atoms with E-state index in [9.17, 15) is 9.90 Å². The number of aliphatic hydroxyl groups is 1. The fraction of sp³-hybridized carbons (Fsp3) is 0.611. The second-order valence-electron chi connectivity index (χ2n) is 6.26. The molecule has 1 aliphatic heterocycles. The minimum atomic E-state index is -0.365. The summed E-state index contributed by atoms with van der Waals surface area (Å²) in [5.74, 6) is 0.0296. The summed E-state index contributed by atoms with van der Waals surface area (Å²) in [4.78, 5) is 14.6. The average molecular weight is 319 g/mol. The van der Waals surface area contributed by atoms with Crippen LogP contribution in [-0.2, 0) is 6.54 Å². The quantitative estimate of drug-likeness (QED) is 0.674. The van der Waals surface area contributed by atoms with Gasteiger partial charge in [-0.3, -0.25) is 9.69 Å². The number of nitrogens with one attached hydrogen (secondary N) is 2. The normalized spacial score (nSPS) is 20.9. The Balaban J connectivity index is 1.84. The Bertz CT molecular complexity index is 490. The van der Waals surface area contributed by atoms with Crippen LogP contribution in [0.1, 0.15) is 36.2 Å². The number of amides is 1. The number of carbonyl (C=O) groups excluding carboxylic acids is 1. The molecule has 2 atom stereocenters. The van der Waals surface area contributed by atoms with Crippen LogP contribution in [0.2, 0.25) is 0 Å². The number of benzene rings is 1. The molecule has 0 spiro atoms. The van der Waals surface area contributed by atoms with Gasteiger partial charge in [-0.15, -0.1) is 0 Å². The molecule has 5 heteroatoms. The Morgan fingerprint density at radius 2 is 2.04 bits per heavy atom. The smallest absolute Gasteiger partial charge is 0.251 e. The molecule has 1 aromatic rings. The van der Waals surface area contributed by atoms with Crippen molar-refractivity contribution in [1.29, 1.82) is 0 Å². The van der Waals surface area contributed by atoms with Gasteiger partial charge in [0.05, 0.1) is 6.10 Å². The zero-order valence-corrected chi connectivity index (χ0v) is 14.2. The molecule has 2 unspecified atom stereocenters. The van der Waals surface area contributed by atoms with Crippen molar-refractivity contribution in [3.8, 4) is 0 Å². The summed E-state index contributed by atoms with van der Waals surface area (Å²) in [5, 5.41) is 15.8. The molecule has 1 aliphatic rings. The van der Waals surface area contributed by atoms with Crippen LogP contribution in [0.15, 0.2) is 24.3 Å². The highest BCUT2D eigenvalue weighted by Crippen LogP contribution is 2.10. The predicted octanol–water partition coefficient (Wildman–Crippen LogP) is 1.23. The first-order valence-corrected chi connectivity index (χ1v) is 8.62. The molecule has 1 amide bonds. The monoisotopic (exact) mass is 319 g/mol. The summed E-state index contributed by atoms with van der Waals surface area (Å²) in [6.45, 7) is 9.29. The van der Waals surface area contributed by atoms with Crippen molar-refractivity contribution in [1.82, 2.24) is 15.5 Å². The van der Waals surface area contributed by atoms with E-state index in [1.807, 2.05) is 24.3 Å². The van der Waals surface area contributed by atoms with E-state index in [1.54, 1.807) is 0 Å². The Morgan fingerprint density at radius 3 is 2.61 bits per heavy atom. The second kappa shape index (κ2) is 9.01. The van der Waals surface area contributed by atoms with Crippen LogP contribution in [0.3, 0.4) is 0 Å². The van der Waals surface area contributed by atoms with Gasteiger partial charge in [-0.1, -0.05) is 26.0 Å². The van der Waals surface area contributed by atoms with Gasteiger partial charge in [-0.25, -0.2) is 0 Å². The summed E-state index contributed by atoms with van der Waals surface area (Å²) in [5.41, 5.74) is 1.90. The van der Waals surface area contributed by atoms with E-state index >= 15 is 0 Å². The van der Waals surface area contributed by atoms with E-state index in [4.69, 9.17) is 0 Å². The molecule has 2 rings (SSSR count). The molecule has 0 bridgehead atoms. The van der Waals surface area contributed by atoms with Gasteiger partial charge in [0, 0.05) is 37.7 Å². The molecule has 23 heavy (non-hydrogen) atoms. The summed E-state index contributed by atoms with van der Waals surface area (Å²) in [7, 11) is 0. The van der Waals surface area contributed by atoms with Gasteiger partial charge in [0.1, 0.15) is 0 Å². The second-order valence-corrected chi connectivity index (χ2v) is 6.26. The molecule has 1 fully saturated rings. The molecule has 3 N–H and O–H groups in total. The van der Waals surface area contributed by atoms with Crippen molar-refractivity contribution in [2.24, 2.45) is 5.92 Å². The first-order valence-electron chi connectivity index (χ1n) is 8.62. The van der Waals surface area contributed by atoms with Gasteiger partial charge in [-0.05, 0) is 37.2 Å². The first-order chi connectivity index (χ1) is 11.1. The van der Waals surface area contributed by atoms with Gasteiger partial charge in [0.15, 0.2) is 0 Å². The molecule has 1 saturated heterocycles. The van der Waals surface area contributed by atoms with Gasteiger partial charge >= 0.3 is 0 Å². The predicted molar refractivity (Wildman–Crippen MR) is 92.4 cm³/mol. The highest BCUT2D eigenvalue weighted by molar-refractivity contribution is 5.94. The third-order valence-corrected chi connectivity index (χ3v) is 4.44. The number of carbonyl (C=O) groups is 1. The highest BCUT2D eigenvalue weighted by atomic mass is 16.3. The van der Waals surface area contributed by atoms with E-state index in [2.05, 4.69) is 29.4 Å². The summed E-state index contributed by atoms with van der Waals surface area (Å²) in [6, 6.07) is 7.82. The number of rotatable bonds is 8. The lowest BCUT2D eigenvalue weighted by molar-refractivity contribution is 0.0927. The van der Waals surface area contributed by atoms with Gasteiger partial charge in [-0.2, -0.15) is 0 Å². The summed E-state index contributed by atoms with van der Waals surface area (Å²) in [6.07, 6.45) is 0.784. The Morgan fingerprint density at radius 1 is 1.30 bits per heavy atom. The third kappa shape index (κ3) is 5.30. The van der Waals surface area contributed by atoms with Gasteiger partial charge < -0.3 is 15.7 Å². The standard InChI is InChI=1S/C18H29N3O2/c1-3-9-21(4-2)13-14-5-7-15(8-6-14)18(23)20-11-16-10-19-12-17(16)22/h5-8,16-17,19,22H,3-4,9-13H2,1-2H3,(H,20,23). The Labute approximate surface area is 139 Å². The molecule has 5 nitrogen and oxygen atoms in total. The third-order valence-electron chi connectivity index (χ3n) is 4.44. The molecule has 1 heterocycles. The lowest BCUT2D eigenvalue weighted by atomic mass is 10.1. The molecule has 0 saturated carbocycles. The van der Waals surface area contributed by atoms with E-state index in [-0.39, 0.29) is 17.9 Å². The van der Waals surface area contributed by atoms with Crippen LogP contribution in [0, 0.1) is 5.92 Å². The zero-order valence-electron chi connectivity index (χ0n) is 14.2. The van der Waals surface area contributed by atoms with Crippen LogP contribution < -0.4 is 10.6 Å². The molecular weight excluding hydrogens is 290 g/mol. The topological polar surface area (TPSA) is 64.6 Å². The van der Waals surface area contributed by atoms with Crippen LogP contribution >= 0.6 is 0 Å². The van der Waals surface area contributed by atoms with E-state index in [0.29, 0.717) is 18.7 Å². The van der Waals surface area contributed by atoms with Crippen molar-refractivity contribution in [3.05, 3.63) is 35.4 Å². The molecule has 0 aliphatic carbocycles. The zero-order chi connectivity index (χ0) is 16.7. The number of hydrogen-bond donors (Lipinski definition) is 3. The maximum atomic E-state index is 12.2. The van der Waals surface area contributed by atoms with Crippen molar-refractivity contribution in [3.63, 3.8) is 0 Å². The van der Waals surface area contributed by atoms with Gasteiger partial charge in [0.2, 0.25) is 0 Å². The number of nitrogens with zero attached hydrogens (tertiary/aromatic N) is 1. The fourth-order valence-corrected chi connectivity index (χ4v) is 2.94. The number of aliphatic hydroxyl groups excluding tert-OH is 1. The summed E-state index contributed by atoms with van der Waals surface area (Å²) >= 11 is 0. The number of hydrogen-bond acceptors (Lipinski definition) is 4. The van der Waals surface area contributed by atoms with Crippen molar-refractivity contribution < 1.29 is 9.90 Å². The lowest BCUT2D eigenvalue weighted by Gasteiger charge is -2.19. The largest absolute Gasteiger partial charge is 0.391 e. The molecular formula is C18H29N3O2. The van der Waals surface area contributed by atoms with E-state index < -0.39 is 0 Å². The van der Waals surface area contributed by atoms with Crippen molar-refractivity contribution >= 4 is 5.91 Å². The molecule has 0 aromatic heterocycles. The lowest BCUT2D eigenvalue weighted by Crippen LogP contribution is -2.34. The highest BCUT2D eigenvalue weighted by Gasteiger charge is 2.25. The Hall–Kier alpha value is -1.43. The maximum Gasteiger partial charge on any atom is 0.251 e. The van der Waals surface area contributed by atoms with E-state index in [1.165, 1.54) is 5.56 Å². The van der Waals surface area contributed by atoms with Crippen LogP contribution in [0.4, 0.5) is 0 Å². The maximum absolute atomic E-state index is 12.2. The molecule has 0 radical (unpaired) electrons. The Kier molecular flexibility index (Phi) is 7.02. The molecule has 128 valence electrons. The van der Waals surface area contributed by atoms with Crippen LogP contribution in [0.5, 0.6) is 0 Å². The average Bonchev–Trinajstić information content (AvgIpc) is 2.98. The van der Waals surface area contributed by atoms with Crippen molar-refractivity contribution in [2.75, 3.05) is 32.7 Å². The summed E-state index contributed by atoms with van der Waals surface area (Å²) < 4.78 is 0. The van der Waals surface area contributed by atoms with Crippen LogP contribution in [0.25, 0.3) is 0 Å². The first kappa shape index (κ1) is 17.9. The molecule has 1 aromatic carbocycles. The minimum absolute atomic E-state index is 0.0726. The van der Waals surface area contributed by atoms with Gasteiger partial charge in [0.25, 0.3) is 5.91 Å².